The molecule has 0 unspecified atom stereocenters. The summed E-state index contributed by atoms with van der Waals surface area (Å²) in [6.45, 7) is 11.8. The fraction of sp³-hybridized carbons (Fsp3) is 0.226. The molecule has 1 aliphatic heterocycles. The number of amides is 1. The molecular formula is C31H31N3OS. The Morgan fingerprint density at radius 1 is 0.917 bits per heavy atom. The van der Waals surface area contributed by atoms with Crippen molar-refractivity contribution < 1.29 is 4.79 Å². The number of rotatable bonds is 5. The van der Waals surface area contributed by atoms with Crippen molar-refractivity contribution in [1.82, 2.24) is 9.47 Å². The molecule has 0 atom stereocenters. The Morgan fingerprint density at radius 3 is 2.36 bits per heavy atom. The van der Waals surface area contributed by atoms with Gasteiger partial charge in [-0.1, -0.05) is 66.2 Å². The van der Waals surface area contributed by atoms with Crippen molar-refractivity contribution in [3.05, 3.63) is 105 Å². The summed E-state index contributed by atoms with van der Waals surface area (Å²) in [5, 5.41) is 1.90. The first-order chi connectivity index (χ1) is 17.4. The minimum atomic E-state index is 0.0161. The van der Waals surface area contributed by atoms with Crippen molar-refractivity contribution in [2.75, 3.05) is 6.54 Å². The Bertz CT molecular complexity index is 1520. The van der Waals surface area contributed by atoms with E-state index in [2.05, 4.69) is 99.0 Å². The Morgan fingerprint density at radius 2 is 1.64 bits per heavy atom. The highest BCUT2D eigenvalue weighted by atomic mass is 32.2. The van der Waals surface area contributed by atoms with E-state index in [-0.39, 0.29) is 5.91 Å². The molecule has 5 rings (SSSR count). The predicted octanol–water partition coefficient (Wildman–Crippen LogP) is 7.55. The number of aryl methyl sites for hydroxylation is 3. The van der Waals surface area contributed by atoms with Gasteiger partial charge in [0.1, 0.15) is 0 Å². The van der Waals surface area contributed by atoms with Gasteiger partial charge < -0.3 is 4.57 Å². The molecule has 0 spiro atoms. The molecular weight excluding hydrogens is 462 g/mol. The molecule has 1 fully saturated rings. The van der Waals surface area contributed by atoms with Crippen LogP contribution in [-0.4, -0.2) is 27.1 Å². The maximum Gasteiger partial charge on any atom is 0.266 e. The second kappa shape index (κ2) is 9.82. The van der Waals surface area contributed by atoms with Crippen LogP contribution >= 0.6 is 11.8 Å². The second-order valence-electron chi connectivity index (χ2n) is 9.39. The summed E-state index contributed by atoms with van der Waals surface area (Å²) >= 11 is 1.47. The summed E-state index contributed by atoms with van der Waals surface area (Å²) in [5.41, 5.74) is 9.12. The number of hydrogen-bond donors (Lipinski definition) is 0. The lowest BCUT2D eigenvalue weighted by molar-refractivity contribution is -0.122. The summed E-state index contributed by atoms with van der Waals surface area (Å²) in [6.07, 6.45) is 2.06. The van der Waals surface area contributed by atoms with Crippen LogP contribution in [0.4, 0.5) is 5.69 Å². The number of carbonyl (C=O) groups excluding carboxylic acids is 1. The summed E-state index contributed by atoms with van der Waals surface area (Å²) < 4.78 is 2.35. The molecule has 4 aromatic rings. The molecule has 0 bridgehead atoms. The van der Waals surface area contributed by atoms with E-state index in [1.165, 1.54) is 28.4 Å². The molecule has 3 aromatic carbocycles. The smallest absolute Gasteiger partial charge is 0.266 e. The third kappa shape index (κ3) is 4.40. The largest absolute Gasteiger partial charge is 0.340 e. The van der Waals surface area contributed by atoms with E-state index < -0.39 is 0 Å². The monoisotopic (exact) mass is 493 g/mol. The molecule has 36 heavy (non-hydrogen) atoms. The van der Waals surface area contributed by atoms with Crippen LogP contribution in [0.5, 0.6) is 0 Å². The number of nitrogens with zero attached hydrogens (tertiary/aromatic N) is 3. The van der Waals surface area contributed by atoms with Gasteiger partial charge in [0.25, 0.3) is 5.91 Å². The highest BCUT2D eigenvalue weighted by Gasteiger charge is 2.33. The number of likely N-dealkylation sites (N-methyl/N-ethyl adjacent to an activating group) is 1. The molecule has 4 nitrogen and oxygen atoms in total. The van der Waals surface area contributed by atoms with Crippen molar-refractivity contribution in [3.63, 3.8) is 0 Å². The standard InChI is InChI=1S/C31H31N3OS/c1-6-33-30(35)28(36-31(33)32-29-21(3)12-10-13-22(29)4)18-26-23(5)34(27-16-8-7-15-25(26)27)19-24-14-9-11-20(2)17-24/h7-18H,6,19H2,1-5H3/b28-18+,32-31?. The molecule has 0 radical (unpaired) electrons. The Balaban J connectivity index is 1.58. The minimum absolute atomic E-state index is 0.0161. The van der Waals surface area contributed by atoms with Crippen LogP contribution in [0, 0.1) is 27.7 Å². The molecule has 1 aromatic heterocycles. The number of thioether (sulfide) groups is 1. The SMILES string of the molecule is CCN1C(=O)/C(=C\c2c(C)n(Cc3cccc(C)c3)c3ccccc23)SC1=Nc1c(C)cccc1C. The maximum atomic E-state index is 13.4. The lowest BCUT2D eigenvalue weighted by atomic mass is 10.1. The number of aliphatic imine (C=N–C) groups is 1. The third-order valence-electron chi connectivity index (χ3n) is 6.83. The van der Waals surface area contributed by atoms with Crippen LogP contribution in [0.1, 0.15) is 40.4 Å². The van der Waals surface area contributed by atoms with Crippen molar-refractivity contribution >= 4 is 45.5 Å². The van der Waals surface area contributed by atoms with Gasteiger partial charge in [0.05, 0.1) is 10.6 Å². The zero-order valence-corrected chi connectivity index (χ0v) is 22.3. The number of hydrogen-bond acceptors (Lipinski definition) is 3. The highest BCUT2D eigenvalue weighted by molar-refractivity contribution is 8.18. The summed E-state index contributed by atoms with van der Waals surface area (Å²) in [6, 6.07) is 23.3. The van der Waals surface area contributed by atoms with Gasteiger partial charge in [-0.3, -0.25) is 9.69 Å². The van der Waals surface area contributed by atoms with Crippen molar-refractivity contribution in [1.29, 1.82) is 0 Å². The van der Waals surface area contributed by atoms with Crippen LogP contribution in [0.3, 0.4) is 0 Å². The fourth-order valence-corrected chi connectivity index (χ4v) is 5.95. The summed E-state index contributed by atoms with van der Waals surface area (Å²) in [4.78, 5) is 20.9. The Hall–Kier alpha value is -3.57. The Labute approximate surface area is 217 Å². The van der Waals surface area contributed by atoms with E-state index in [1.54, 1.807) is 4.90 Å². The van der Waals surface area contributed by atoms with Crippen molar-refractivity contribution in [2.45, 2.75) is 41.2 Å². The van der Waals surface area contributed by atoms with Crippen LogP contribution in [-0.2, 0) is 11.3 Å². The van der Waals surface area contributed by atoms with Gasteiger partial charge in [0.2, 0.25) is 0 Å². The zero-order valence-electron chi connectivity index (χ0n) is 21.5. The number of benzene rings is 3. The molecule has 0 saturated carbocycles. The number of para-hydroxylation sites is 2. The quantitative estimate of drug-likeness (QED) is 0.269. The normalized spacial score (nSPS) is 16.1. The van der Waals surface area contributed by atoms with Crippen molar-refractivity contribution in [2.24, 2.45) is 4.99 Å². The predicted molar refractivity (Wildman–Crippen MR) is 153 cm³/mol. The van der Waals surface area contributed by atoms with Crippen LogP contribution < -0.4 is 0 Å². The number of carbonyl (C=O) groups is 1. The molecule has 0 aliphatic carbocycles. The third-order valence-corrected chi connectivity index (χ3v) is 7.84. The average Bonchev–Trinajstić information content (AvgIpc) is 3.30. The molecule has 0 N–H and O–H groups in total. The molecule has 2 heterocycles. The van der Waals surface area contributed by atoms with E-state index >= 15 is 0 Å². The van der Waals surface area contributed by atoms with E-state index in [0.29, 0.717) is 11.4 Å². The topological polar surface area (TPSA) is 37.6 Å². The van der Waals surface area contributed by atoms with Crippen LogP contribution in [0.15, 0.2) is 76.6 Å². The lowest BCUT2D eigenvalue weighted by Crippen LogP contribution is -2.28. The van der Waals surface area contributed by atoms with Gasteiger partial charge in [-0.05, 0) is 75.2 Å². The Kier molecular flexibility index (Phi) is 6.59. The molecule has 1 aliphatic rings. The number of fused-ring (bicyclic) bond motifs is 1. The summed E-state index contributed by atoms with van der Waals surface area (Å²) in [5.74, 6) is 0.0161. The maximum absolute atomic E-state index is 13.4. The van der Waals surface area contributed by atoms with Gasteiger partial charge in [-0.25, -0.2) is 4.99 Å². The number of amidine groups is 1. The zero-order chi connectivity index (χ0) is 25.4. The van der Waals surface area contributed by atoms with E-state index in [9.17, 15) is 4.79 Å². The fourth-order valence-electron chi connectivity index (χ4n) is 4.92. The van der Waals surface area contributed by atoms with E-state index in [1.807, 2.05) is 13.0 Å². The number of aromatic nitrogens is 1. The van der Waals surface area contributed by atoms with Crippen LogP contribution in [0.2, 0.25) is 0 Å². The lowest BCUT2D eigenvalue weighted by Gasteiger charge is -2.13. The highest BCUT2D eigenvalue weighted by Crippen LogP contribution is 2.37. The first-order valence-corrected chi connectivity index (χ1v) is 13.2. The van der Waals surface area contributed by atoms with Gasteiger partial charge in [-0.15, -0.1) is 0 Å². The second-order valence-corrected chi connectivity index (χ2v) is 10.4. The molecule has 1 amide bonds. The molecule has 1 saturated heterocycles. The van der Waals surface area contributed by atoms with Gasteiger partial charge in [-0.2, -0.15) is 0 Å². The molecule has 5 heteroatoms. The summed E-state index contributed by atoms with van der Waals surface area (Å²) in [7, 11) is 0. The van der Waals surface area contributed by atoms with Crippen molar-refractivity contribution in [3.8, 4) is 0 Å². The van der Waals surface area contributed by atoms with Gasteiger partial charge >= 0.3 is 0 Å². The first kappa shape index (κ1) is 24.1. The van der Waals surface area contributed by atoms with Gasteiger partial charge in [0.15, 0.2) is 5.17 Å². The minimum Gasteiger partial charge on any atom is -0.340 e. The van der Waals surface area contributed by atoms with E-state index in [0.717, 1.165) is 45.2 Å². The van der Waals surface area contributed by atoms with Crippen LogP contribution in [0.25, 0.3) is 17.0 Å². The van der Waals surface area contributed by atoms with Gasteiger partial charge in [0, 0.05) is 35.2 Å². The molecule has 182 valence electrons. The first-order valence-electron chi connectivity index (χ1n) is 12.4. The average molecular weight is 494 g/mol. The van der Waals surface area contributed by atoms with E-state index in [4.69, 9.17) is 4.99 Å².